The normalized spacial score (nSPS) is 10.8. The molecule has 0 atom stereocenters. The number of alkyl halides is 1. The number of rotatable bonds is 3. The lowest BCUT2D eigenvalue weighted by Gasteiger charge is -2.01. The Hall–Kier alpha value is -2.33. The van der Waals surface area contributed by atoms with Crippen molar-refractivity contribution in [2.45, 2.75) is 6.92 Å². The summed E-state index contributed by atoms with van der Waals surface area (Å²) in [5.41, 5.74) is 4.12. The summed E-state index contributed by atoms with van der Waals surface area (Å²) in [6.45, 7) is 2.03. The van der Waals surface area contributed by atoms with Gasteiger partial charge in [-0.2, -0.15) is 0 Å². The molecule has 0 bridgehead atoms. The predicted molar refractivity (Wildman–Crippen MR) is 83.5 cm³/mol. The van der Waals surface area contributed by atoms with E-state index in [0.717, 1.165) is 5.56 Å². The second-order valence-corrected chi connectivity index (χ2v) is 5.02. The molecule has 3 aromatic rings. The number of anilines is 1. The molecule has 1 aromatic heterocycles. The molecule has 4 nitrogen and oxygen atoms in total. The number of hydrogen-bond donors (Lipinski definition) is 1. The Kier molecular flexibility index (Phi) is 3.62. The van der Waals surface area contributed by atoms with E-state index in [-0.39, 0.29) is 11.8 Å². The molecule has 1 N–H and O–H groups in total. The number of nitrogens with zero attached hydrogens (tertiary/aromatic N) is 1. The minimum absolute atomic E-state index is 0.0779. The largest absolute Gasteiger partial charge is 0.436 e. The van der Waals surface area contributed by atoms with Crippen molar-refractivity contribution in [2.24, 2.45) is 0 Å². The van der Waals surface area contributed by atoms with Gasteiger partial charge in [-0.15, -0.1) is 11.6 Å². The average molecular weight is 301 g/mol. The maximum atomic E-state index is 11.3. The minimum atomic E-state index is -0.252. The van der Waals surface area contributed by atoms with Gasteiger partial charge in [-0.3, -0.25) is 4.79 Å². The van der Waals surface area contributed by atoms with E-state index in [4.69, 9.17) is 16.0 Å². The van der Waals surface area contributed by atoms with Crippen molar-refractivity contribution in [1.82, 2.24) is 4.98 Å². The predicted octanol–water partition coefficient (Wildman–Crippen LogP) is 3.98. The summed E-state index contributed by atoms with van der Waals surface area (Å²) in [6.07, 6.45) is 0. The van der Waals surface area contributed by atoms with Crippen molar-refractivity contribution < 1.29 is 9.21 Å². The second-order valence-electron chi connectivity index (χ2n) is 4.75. The molecule has 3 rings (SSSR count). The van der Waals surface area contributed by atoms with Crippen molar-refractivity contribution in [3.8, 4) is 11.5 Å². The molecular weight excluding hydrogens is 288 g/mol. The lowest BCUT2D eigenvalue weighted by Crippen LogP contribution is -2.12. The lowest BCUT2D eigenvalue weighted by molar-refractivity contribution is -0.113. The molecule has 106 valence electrons. The van der Waals surface area contributed by atoms with Crippen LogP contribution in [0.15, 0.2) is 46.9 Å². The number of benzene rings is 2. The Bertz CT molecular complexity index is 794. The number of hydrogen-bond acceptors (Lipinski definition) is 3. The van der Waals surface area contributed by atoms with Crippen LogP contribution >= 0.6 is 11.6 Å². The number of carbonyl (C=O) groups is 1. The average Bonchev–Trinajstić information content (AvgIpc) is 2.91. The van der Waals surface area contributed by atoms with Crippen LogP contribution in [0.5, 0.6) is 0 Å². The molecule has 2 aromatic carbocycles. The molecule has 0 saturated carbocycles. The molecule has 0 fully saturated rings. The van der Waals surface area contributed by atoms with Crippen LogP contribution in [0.4, 0.5) is 5.69 Å². The van der Waals surface area contributed by atoms with Crippen molar-refractivity contribution in [2.75, 3.05) is 11.2 Å². The van der Waals surface area contributed by atoms with Gasteiger partial charge in [0.15, 0.2) is 5.58 Å². The molecule has 0 saturated heterocycles. The first kappa shape index (κ1) is 13.6. The second kappa shape index (κ2) is 5.58. The molecule has 1 amide bonds. The number of aromatic nitrogens is 1. The third kappa shape index (κ3) is 2.90. The molecule has 21 heavy (non-hydrogen) atoms. The number of oxazole rings is 1. The Morgan fingerprint density at radius 1 is 1.24 bits per heavy atom. The maximum Gasteiger partial charge on any atom is 0.239 e. The molecule has 0 aliphatic heterocycles. The Morgan fingerprint density at radius 2 is 2.00 bits per heavy atom. The van der Waals surface area contributed by atoms with Crippen LogP contribution in [0.1, 0.15) is 5.56 Å². The van der Waals surface area contributed by atoms with Crippen LogP contribution in [0, 0.1) is 6.92 Å². The van der Waals surface area contributed by atoms with E-state index in [1.165, 1.54) is 5.56 Å². The fourth-order valence-electron chi connectivity index (χ4n) is 2.02. The van der Waals surface area contributed by atoms with Gasteiger partial charge in [0.25, 0.3) is 0 Å². The van der Waals surface area contributed by atoms with Gasteiger partial charge in [0.1, 0.15) is 11.4 Å². The van der Waals surface area contributed by atoms with Gasteiger partial charge < -0.3 is 9.73 Å². The zero-order valence-corrected chi connectivity index (χ0v) is 12.1. The van der Waals surface area contributed by atoms with Gasteiger partial charge in [0.05, 0.1) is 0 Å². The first-order chi connectivity index (χ1) is 10.2. The molecule has 0 spiro atoms. The van der Waals surface area contributed by atoms with E-state index < -0.39 is 0 Å². The Morgan fingerprint density at radius 3 is 2.71 bits per heavy atom. The SMILES string of the molecule is Cc1ccc(-c2nc3cc(NC(=O)CCl)ccc3o2)cc1. The Balaban J connectivity index is 1.96. The van der Waals surface area contributed by atoms with Gasteiger partial charge in [-0.25, -0.2) is 4.98 Å². The number of amides is 1. The molecular formula is C16H13ClN2O2. The standard InChI is InChI=1S/C16H13ClN2O2/c1-10-2-4-11(5-3-10)16-19-13-8-12(18-15(20)9-17)6-7-14(13)21-16/h2-8H,9H2,1H3,(H,18,20). The zero-order valence-electron chi connectivity index (χ0n) is 11.4. The molecule has 5 heteroatoms. The van der Waals surface area contributed by atoms with Gasteiger partial charge in [0.2, 0.25) is 11.8 Å². The highest BCUT2D eigenvalue weighted by Gasteiger charge is 2.09. The summed E-state index contributed by atoms with van der Waals surface area (Å²) in [5.74, 6) is 0.231. The Labute approximate surface area is 126 Å². The highest BCUT2D eigenvalue weighted by molar-refractivity contribution is 6.29. The van der Waals surface area contributed by atoms with Gasteiger partial charge in [-0.1, -0.05) is 17.7 Å². The van der Waals surface area contributed by atoms with E-state index in [2.05, 4.69) is 10.3 Å². The summed E-state index contributed by atoms with van der Waals surface area (Å²) >= 11 is 5.47. The van der Waals surface area contributed by atoms with Gasteiger partial charge >= 0.3 is 0 Å². The lowest BCUT2D eigenvalue weighted by atomic mass is 10.1. The number of aryl methyl sites for hydroxylation is 1. The highest BCUT2D eigenvalue weighted by atomic mass is 35.5. The van der Waals surface area contributed by atoms with E-state index in [1.54, 1.807) is 18.2 Å². The summed E-state index contributed by atoms with van der Waals surface area (Å²) in [5, 5.41) is 2.69. The van der Waals surface area contributed by atoms with Gasteiger partial charge in [-0.05, 0) is 37.3 Å². The number of halogens is 1. The minimum Gasteiger partial charge on any atom is -0.436 e. The van der Waals surface area contributed by atoms with Crippen LogP contribution in [-0.2, 0) is 4.79 Å². The third-order valence-electron chi connectivity index (χ3n) is 3.09. The van der Waals surface area contributed by atoms with Crippen LogP contribution in [0.3, 0.4) is 0 Å². The molecule has 1 heterocycles. The highest BCUT2D eigenvalue weighted by Crippen LogP contribution is 2.26. The molecule has 0 radical (unpaired) electrons. The van der Waals surface area contributed by atoms with Crippen molar-refractivity contribution in [1.29, 1.82) is 0 Å². The quantitative estimate of drug-likeness (QED) is 0.744. The van der Waals surface area contributed by atoms with E-state index in [0.29, 0.717) is 22.7 Å². The fraction of sp³-hybridized carbons (Fsp3) is 0.125. The zero-order chi connectivity index (χ0) is 14.8. The topological polar surface area (TPSA) is 55.1 Å². The van der Waals surface area contributed by atoms with Gasteiger partial charge in [0, 0.05) is 11.3 Å². The van der Waals surface area contributed by atoms with Crippen molar-refractivity contribution in [3.05, 3.63) is 48.0 Å². The molecule has 0 aliphatic carbocycles. The number of fused-ring (bicyclic) bond motifs is 1. The smallest absolute Gasteiger partial charge is 0.239 e. The monoisotopic (exact) mass is 300 g/mol. The van der Waals surface area contributed by atoms with Crippen LogP contribution in [0.25, 0.3) is 22.6 Å². The first-order valence-corrected chi connectivity index (χ1v) is 7.02. The maximum absolute atomic E-state index is 11.3. The van der Waals surface area contributed by atoms with Crippen molar-refractivity contribution in [3.63, 3.8) is 0 Å². The van der Waals surface area contributed by atoms with E-state index >= 15 is 0 Å². The number of carbonyl (C=O) groups excluding carboxylic acids is 1. The summed E-state index contributed by atoms with van der Waals surface area (Å²) < 4.78 is 5.73. The fourth-order valence-corrected chi connectivity index (χ4v) is 2.09. The first-order valence-electron chi connectivity index (χ1n) is 6.49. The van der Waals surface area contributed by atoms with Crippen LogP contribution in [-0.4, -0.2) is 16.8 Å². The van der Waals surface area contributed by atoms with Crippen LogP contribution < -0.4 is 5.32 Å². The van der Waals surface area contributed by atoms with Crippen molar-refractivity contribution >= 4 is 34.3 Å². The summed E-state index contributed by atoms with van der Waals surface area (Å²) in [7, 11) is 0. The van der Waals surface area contributed by atoms with Crippen LogP contribution in [0.2, 0.25) is 0 Å². The third-order valence-corrected chi connectivity index (χ3v) is 3.33. The summed E-state index contributed by atoms with van der Waals surface area (Å²) in [6, 6.07) is 13.3. The summed E-state index contributed by atoms with van der Waals surface area (Å²) in [4.78, 5) is 15.7. The van der Waals surface area contributed by atoms with E-state index in [1.807, 2.05) is 31.2 Å². The van der Waals surface area contributed by atoms with E-state index in [9.17, 15) is 4.79 Å². The number of nitrogens with one attached hydrogen (secondary N) is 1. The molecule has 0 aliphatic rings. The molecule has 0 unspecified atom stereocenters.